The predicted molar refractivity (Wildman–Crippen MR) is 162 cm³/mol. The van der Waals surface area contributed by atoms with Crippen molar-refractivity contribution in [3.63, 3.8) is 0 Å². The van der Waals surface area contributed by atoms with Crippen LogP contribution in [0.2, 0.25) is 0 Å². The number of nitrogens with one attached hydrogen (secondary N) is 3. The molecule has 2 aliphatic heterocycles. The van der Waals surface area contributed by atoms with Gasteiger partial charge in [-0.2, -0.15) is 0 Å². The van der Waals surface area contributed by atoms with Crippen LogP contribution in [0.3, 0.4) is 0 Å². The number of hydrogen-bond acceptors (Lipinski definition) is 7. The largest absolute Gasteiger partial charge is 0.478 e. The zero-order chi connectivity index (χ0) is 29.6. The zero-order valence-electron chi connectivity index (χ0n) is 23.8. The molecule has 1 saturated heterocycles. The van der Waals surface area contributed by atoms with Crippen molar-refractivity contribution >= 4 is 40.4 Å². The van der Waals surface area contributed by atoms with Gasteiger partial charge in [0.1, 0.15) is 0 Å². The summed E-state index contributed by atoms with van der Waals surface area (Å²) in [5, 5.41) is 15.7. The van der Waals surface area contributed by atoms with Gasteiger partial charge in [0.15, 0.2) is 0 Å². The molecule has 1 fully saturated rings. The SMILES string of the molecule is Cc1cc2c(cc1C(=O)O)NC(=O)/C2=C(/Nc1ccc(C(=O)NOCCCN2CCN(C)CC2)cc1)c1ccccc1. The average Bonchev–Trinajstić information content (AvgIpc) is 3.31. The van der Waals surface area contributed by atoms with E-state index in [1.807, 2.05) is 30.3 Å². The number of likely N-dealkylation sites (N-methyl/N-ethyl adjacent to an activating group) is 1. The monoisotopic (exact) mass is 569 g/mol. The van der Waals surface area contributed by atoms with E-state index in [4.69, 9.17) is 4.84 Å². The first-order chi connectivity index (χ1) is 20.3. The Morgan fingerprint density at radius 3 is 2.38 bits per heavy atom. The van der Waals surface area contributed by atoms with Crippen molar-refractivity contribution in [3.05, 3.63) is 94.5 Å². The molecule has 0 bridgehead atoms. The van der Waals surface area contributed by atoms with E-state index in [1.54, 1.807) is 37.3 Å². The molecule has 0 atom stereocenters. The molecule has 3 aromatic carbocycles. The number of carboxylic acid groups (broad SMARTS) is 1. The number of aromatic carboxylic acids is 1. The molecular weight excluding hydrogens is 534 g/mol. The summed E-state index contributed by atoms with van der Waals surface area (Å²) in [6.07, 6.45) is 0.831. The quantitative estimate of drug-likeness (QED) is 0.165. The molecule has 2 heterocycles. The number of piperazine rings is 1. The fourth-order valence-corrected chi connectivity index (χ4v) is 5.14. The van der Waals surface area contributed by atoms with Crippen molar-refractivity contribution in [1.82, 2.24) is 15.3 Å². The van der Waals surface area contributed by atoms with Gasteiger partial charge in [-0.3, -0.25) is 14.4 Å². The van der Waals surface area contributed by atoms with Crippen LogP contribution in [0, 0.1) is 6.92 Å². The third-order valence-electron chi connectivity index (χ3n) is 7.55. The smallest absolute Gasteiger partial charge is 0.336 e. The number of carboxylic acids is 1. The van der Waals surface area contributed by atoms with Crippen LogP contribution in [0.15, 0.2) is 66.7 Å². The number of nitrogens with zero attached hydrogens (tertiary/aromatic N) is 2. The number of anilines is 2. The minimum Gasteiger partial charge on any atom is -0.478 e. The van der Waals surface area contributed by atoms with Crippen LogP contribution in [-0.4, -0.2) is 79.1 Å². The van der Waals surface area contributed by atoms with E-state index in [2.05, 4.69) is 33.0 Å². The maximum absolute atomic E-state index is 13.2. The van der Waals surface area contributed by atoms with Crippen molar-refractivity contribution in [2.75, 3.05) is 57.0 Å². The molecule has 0 saturated carbocycles. The molecule has 4 N–H and O–H groups in total. The van der Waals surface area contributed by atoms with Crippen LogP contribution < -0.4 is 16.1 Å². The topological polar surface area (TPSA) is 123 Å². The Morgan fingerprint density at radius 2 is 1.69 bits per heavy atom. The Morgan fingerprint density at radius 1 is 0.976 bits per heavy atom. The molecule has 0 radical (unpaired) electrons. The number of benzene rings is 3. The number of hydrogen-bond donors (Lipinski definition) is 4. The molecule has 42 heavy (non-hydrogen) atoms. The number of carbonyl (C=O) groups is 3. The van der Waals surface area contributed by atoms with E-state index < -0.39 is 5.97 Å². The number of aryl methyl sites for hydroxylation is 1. The van der Waals surface area contributed by atoms with Crippen molar-refractivity contribution in [3.8, 4) is 0 Å². The fourth-order valence-electron chi connectivity index (χ4n) is 5.14. The van der Waals surface area contributed by atoms with Gasteiger partial charge < -0.3 is 25.5 Å². The van der Waals surface area contributed by atoms with E-state index in [1.165, 1.54) is 6.07 Å². The number of fused-ring (bicyclic) bond motifs is 1. The highest BCUT2D eigenvalue weighted by Gasteiger charge is 2.30. The van der Waals surface area contributed by atoms with Gasteiger partial charge in [-0.25, -0.2) is 10.3 Å². The van der Waals surface area contributed by atoms with E-state index in [0.717, 1.165) is 44.7 Å². The Hall–Kier alpha value is -4.51. The minimum absolute atomic E-state index is 0.136. The maximum Gasteiger partial charge on any atom is 0.336 e. The van der Waals surface area contributed by atoms with Gasteiger partial charge >= 0.3 is 5.97 Å². The van der Waals surface area contributed by atoms with Crippen LogP contribution >= 0.6 is 0 Å². The van der Waals surface area contributed by atoms with Gasteiger partial charge in [0.05, 0.1) is 29.1 Å². The Balaban J connectivity index is 1.27. The second-order valence-corrected chi connectivity index (χ2v) is 10.6. The molecule has 3 aromatic rings. The van der Waals surface area contributed by atoms with Crippen LogP contribution in [-0.2, 0) is 9.63 Å². The minimum atomic E-state index is -1.05. The van der Waals surface area contributed by atoms with Gasteiger partial charge in [-0.05, 0) is 67.9 Å². The number of hydroxylamine groups is 1. The summed E-state index contributed by atoms with van der Waals surface area (Å²) < 4.78 is 0. The van der Waals surface area contributed by atoms with Crippen molar-refractivity contribution in [1.29, 1.82) is 0 Å². The second kappa shape index (κ2) is 13.0. The lowest BCUT2D eigenvalue weighted by molar-refractivity contribution is -0.110. The number of carbonyl (C=O) groups excluding carboxylic acids is 2. The van der Waals surface area contributed by atoms with Gasteiger partial charge in [0.2, 0.25) is 0 Å². The maximum atomic E-state index is 13.2. The summed E-state index contributed by atoms with van der Waals surface area (Å²) in [5.74, 6) is -1.72. The third kappa shape index (κ3) is 6.68. The summed E-state index contributed by atoms with van der Waals surface area (Å²) in [6, 6.07) is 19.5. The van der Waals surface area contributed by atoms with Crippen molar-refractivity contribution < 1.29 is 24.3 Å². The molecule has 218 valence electrons. The lowest BCUT2D eigenvalue weighted by Crippen LogP contribution is -2.44. The third-order valence-corrected chi connectivity index (χ3v) is 7.55. The van der Waals surface area contributed by atoms with Crippen LogP contribution in [0.1, 0.15) is 43.8 Å². The van der Waals surface area contributed by atoms with E-state index in [-0.39, 0.29) is 17.4 Å². The first-order valence-electron chi connectivity index (χ1n) is 14.0. The standard InChI is InChI=1S/C32H35N5O5/c1-21-19-26-27(20-25(21)32(40)41)34-31(39)28(26)29(22-7-4-3-5-8-22)33-24-11-9-23(10-12-24)30(38)35-42-18-6-13-37-16-14-36(2)15-17-37/h3-5,7-12,19-20,33H,6,13-18H2,1-2H3,(H,34,39)(H,35,38)(H,40,41)/b29-28+. The predicted octanol–water partition coefficient (Wildman–Crippen LogP) is 3.92. The molecule has 5 rings (SSSR count). The van der Waals surface area contributed by atoms with Crippen molar-refractivity contribution in [2.24, 2.45) is 0 Å². The summed E-state index contributed by atoms with van der Waals surface area (Å²) in [4.78, 5) is 47.6. The van der Waals surface area contributed by atoms with E-state index in [9.17, 15) is 19.5 Å². The second-order valence-electron chi connectivity index (χ2n) is 10.6. The molecule has 2 aliphatic rings. The molecule has 0 unspecified atom stereocenters. The van der Waals surface area contributed by atoms with E-state index in [0.29, 0.717) is 45.9 Å². The Bertz CT molecular complexity index is 1500. The van der Waals surface area contributed by atoms with Gasteiger partial charge in [-0.1, -0.05) is 30.3 Å². The lowest BCUT2D eigenvalue weighted by atomic mass is 9.96. The van der Waals surface area contributed by atoms with Gasteiger partial charge in [-0.15, -0.1) is 0 Å². The zero-order valence-corrected chi connectivity index (χ0v) is 23.8. The molecule has 10 heteroatoms. The summed E-state index contributed by atoms with van der Waals surface area (Å²) >= 11 is 0. The summed E-state index contributed by atoms with van der Waals surface area (Å²) in [7, 11) is 2.13. The Labute approximate surface area is 244 Å². The fraction of sp³-hybridized carbons (Fsp3) is 0.281. The summed E-state index contributed by atoms with van der Waals surface area (Å²) in [6.45, 7) is 7.32. The first kappa shape index (κ1) is 29.0. The highest BCUT2D eigenvalue weighted by atomic mass is 16.6. The normalized spacial score (nSPS) is 16.5. The number of rotatable bonds is 10. The Kier molecular flexibility index (Phi) is 8.97. The molecule has 10 nitrogen and oxygen atoms in total. The first-order valence-corrected chi connectivity index (χ1v) is 14.0. The van der Waals surface area contributed by atoms with Crippen molar-refractivity contribution in [2.45, 2.75) is 13.3 Å². The van der Waals surface area contributed by atoms with Crippen LogP contribution in [0.25, 0.3) is 11.3 Å². The van der Waals surface area contributed by atoms with Crippen LogP contribution in [0.5, 0.6) is 0 Å². The summed E-state index contributed by atoms with van der Waals surface area (Å²) in [5.41, 5.74) is 7.14. The highest BCUT2D eigenvalue weighted by molar-refractivity contribution is 6.37. The van der Waals surface area contributed by atoms with E-state index >= 15 is 0 Å². The molecule has 2 amide bonds. The van der Waals surface area contributed by atoms with Crippen LogP contribution in [0.4, 0.5) is 11.4 Å². The molecule has 0 spiro atoms. The number of amides is 2. The highest BCUT2D eigenvalue weighted by Crippen LogP contribution is 2.39. The lowest BCUT2D eigenvalue weighted by Gasteiger charge is -2.32. The molecule has 0 aliphatic carbocycles. The van der Waals surface area contributed by atoms with Gasteiger partial charge in [0.25, 0.3) is 11.8 Å². The molecule has 0 aromatic heterocycles. The molecular formula is C32H35N5O5. The average molecular weight is 570 g/mol. The van der Waals surface area contributed by atoms with Gasteiger partial charge in [0, 0.05) is 49.5 Å².